The molecule has 3 rings (SSSR count). The summed E-state index contributed by atoms with van der Waals surface area (Å²) in [4.78, 5) is 10.8. The van der Waals surface area contributed by atoms with Gasteiger partial charge in [0.1, 0.15) is 0 Å². The van der Waals surface area contributed by atoms with Gasteiger partial charge in [-0.05, 0) is 42.5 Å². The van der Waals surface area contributed by atoms with Gasteiger partial charge in [-0.1, -0.05) is 16.8 Å². The Bertz CT molecular complexity index is 633. The van der Waals surface area contributed by atoms with Crippen LogP contribution in [0, 0.1) is 0 Å². The summed E-state index contributed by atoms with van der Waals surface area (Å²) in [6.45, 7) is 0. The van der Waals surface area contributed by atoms with Crippen LogP contribution in [0.25, 0.3) is 11.3 Å². The molecule has 5 heteroatoms. The van der Waals surface area contributed by atoms with Gasteiger partial charge in [0.15, 0.2) is 11.5 Å². The number of hydrogen-bond donors (Lipinski definition) is 1. The molecule has 0 fully saturated rings. The zero-order chi connectivity index (χ0) is 12.7. The predicted octanol–water partition coefficient (Wildman–Crippen LogP) is 3.18. The molecule has 92 valence electrons. The van der Waals surface area contributed by atoms with E-state index in [0.29, 0.717) is 10.8 Å². The Balaban J connectivity index is 2.06. The highest BCUT2D eigenvalue weighted by Crippen LogP contribution is 2.34. The Kier molecular flexibility index (Phi) is 2.59. The molecular weight excluding hydrogens is 254 g/mol. The number of benzene rings is 1. The summed E-state index contributed by atoms with van der Waals surface area (Å²) in [6, 6.07) is 5.22. The average Bonchev–Trinajstić information content (AvgIpc) is 2.97. The van der Waals surface area contributed by atoms with Gasteiger partial charge in [-0.15, -0.1) is 0 Å². The van der Waals surface area contributed by atoms with Gasteiger partial charge >= 0.3 is 5.97 Å². The summed E-state index contributed by atoms with van der Waals surface area (Å²) in [5, 5.41) is 13.0. The molecule has 0 unspecified atom stereocenters. The first kappa shape index (κ1) is 11.3. The van der Waals surface area contributed by atoms with Crippen molar-refractivity contribution in [3.8, 4) is 11.3 Å². The van der Waals surface area contributed by atoms with Crippen LogP contribution in [0.2, 0.25) is 5.02 Å². The molecule has 18 heavy (non-hydrogen) atoms. The number of fused-ring (bicyclic) bond motifs is 1. The number of aromatic carboxylic acids is 1. The van der Waals surface area contributed by atoms with Crippen molar-refractivity contribution in [1.82, 2.24) is 5.16 Å². The maximum atomic E-state index is 10.8. The smallest absolute Gasteiger partial charge is 0.358 e. The number of carboxylic acids is 1. The van der Waals surface area contributed by atoms with Crippen LogP contribution in [0.4, 0.5) is 0 Å². The van der Waals surface area contributed by atoms with Crippen LogP contribution in [-0.2, 0) is 12.8 Å². The zero-order valence-corrected chi connectivity index (χ0v) is 10.2. The minimum absolute atomic E-state index is 0.0957. The third kappa shape index (κ3) is 1.78. The van der Waals surface area contributed by atoms with E-state index in [1.807, 2.05) is 6.07 Å². The summed E-state index contributed by atoms with van der Waals surface area (Å²) in [5.41, 5.74) is 3.09. The lowest BCUT2D eigenvalue weighted by atomic mass is 10.0. The highest BCUT2D eigenvalue weighted by Gasteiger charge is 2.18. The van der Waals surface area contributed by atoms with E-state index in [1.54, 1.807) is 6.07 Å². The van der Waals surface area contributed by atoms with Crippen LogP contribution >= 0.6 is 11.6 Å². The topological polar surface area (TPSA) is 63.3 Å². The van der Waals surface area contributed by atoms with E-state index in [1.165, 1.54) is 17.2 Å². The van der Waals surface area contributed by atoms with Crippen molar-refractivity contribution >= 4 is 17.6 Å². The maximum absolute atomic E-state index is 10.8. The second-order valence-corrected chi connectivity index (χ2v) is 4.74. The van der Waals surface area contributed by atoms with Crippen LogP contribution < -0.4 is 0 Å². The summed E-state index contributed by atoms with van der Waals surface area (Å²) >= 11 is 6.22. The fraction of sp³-hybridized carbons (Fsp3) is 0.231. The number of rotatable bonds is 2. The van der Waals surface area contributed by atoms with E-state index < -0.39 is 5.97 Å². The van der Waals surface area contributed by atoms with E-state index in [4.69, 9.17) is 21.2 Å². The molecule has 0 bridgehead atoms. The second-order valence-electron chi connectivity index (χ2n) is 4.33. The van der Waals surface area contributed by atoms with Crippen LogP contribution in [0.15, 0.2) is 22.7 Å². The number of aromatic nitrogens is 1. The molecular formula is C13H10ClNO3. The molecule has 1 N–H and O–H groups in total. The summed E-state index contributed by atoms with van der Waals surface area (Å²) in [6.07, 6.45) is 3.11. The Hall–Kier alpha value is -1.81. The van der Waals surface area contributed by atoms with Crippen LogP contribution in [0.1, 0.15) is 28.0 Å². The molecule has 0 saturated carbocycles. The Labute approximate surface area is 108 Å². The monoisotopic (exact) mass is 263 g/mol. The third-order valence-corrected chi connectivity index (χ3v) is 3.51. The maximum Gasteiger partial charge on any atom is 0.358 e. The van der Waals surface area contributed by atoms with Crippen LogP contribution in [0.5, 0.6) is 0 Å². The summed E-state index contributed by atoms with van der Waals surface area (Å²) in [5.74, 6) is -0.666. The van der Waals surface area contributed by atoms with Crippen molar-refractivity contribution in [3.63, 3.8) is 0 Å². The molecule has 1 heterocycles. The average molecular weight is 264 g/mol. The molecule has 1 aromatic heterocycles. The minimum atomic E-state index is -1.10. The van der Waals surface area contributed by atoms with E-state index in [-0.39, 0.29) is 5.69 Å². The van der Waals surface area contributed by atoms with E-state index >= 15 is 0 Å². The van der Waals surface area contributed by atoms with Crippen molar-refractivity contribution < 1.29 is 14.4 Å². The quantitative estimate of drug-likeness (QED) is 0.904. The van der Waals surface area contributed by atoms with Crippen LogP contribution in [-0.4, -0.2) is 16.2 Å². The molecule has 0 saturated heterocycles. The van der Waals surface area contributed by atoms with E-state index in [9.17, 15) is 4.79 Å². The Morgan fingerprint density at radius 2 is 2.17 bits per heavy atom. The van der Waals surface area contributed by atoms with Gasteiger partial charge in [0.2, 0.25) is 0 Å². The highest BCUT2D eigenvalue weighted by atomic mass is 35.5. The SMILES string of the molecule is O=C(O)c1cc(-c2cc(Cl)c3c(c2)CCC3)on1. The normalized spacial score (nSPS) is 13.6. The second kappa shape index (κ2) is 4.14. The molecule has 0 amide bonds. The lowest BCUT2D eigenvalue weighted by molar-refractivity contribution is 0.0686. The highest BCUT2D eigenvalue weighted by molar-refractivity contribution is 6.31. The first-order chi connectivity index (χ1) is 8.65. The molecule has 0 aliphatic heterocycles. The van der Waals surface area contributed by atoms with Gasteiger partial charge in [-0.2, -0.15) is 0 Å². The van der Waals surface area contributed by atoms with Gasteiger partial charge < -0.3 is 9.63 Å². The Morgan fingerprint density at radius 1 is 1.33 bits per heavy atom. The van der Waals surface area contributed by atoms with Crippen LogP contribution in [0.3, 0.4) is 0 Å². The lowest BCUT2D eigenvalue weighted by Gasteiger charge is -2.04. The van der Waals surface area contributed by atoms with Crippen molar-refractivity contribution in [2.24, 2.45) is 0 Å². The van der Waals surface area contributed by atoms with Gasteiger partial charge in [0.25, 0.3) is 0 Å². The lowest BCUT2D eigenvalue weighted by Crippen LogP contribution is -1.94. The minimum Gasteiger partial charge on any atom is -0.476 e. The van der Waals surface area contributed by atoms with E-state index in [2.05, 4.69) is 5.16 Å². The zero-order valence-electron chi connectivity index (χ0n) is 9.44. The van der Waals surface area contributed by atoms with Gasteiger partial charge in [0, 0.05) is 16.7 Å². The molecule has 1 aromatic carbocycles. The molecule has 1 aliphatic carbocycles. The predicted molar refractivity (Wildman–Crippen MR) is 65.9 cm³/mol. The Morgan fingerprint density at radius 3 is 2.89 bits per heavy atom. The molecule has 4 nitrogen and oxygen atoms in total. The van der Waals surface area contributed by atoms with Gasteiger partial charge in [0.05, 0.1) is 0 Å². The molecule has 0 atom stereocenters. The number of nitrogens with zero attached hydrogens (tertiary/aromatic N) is 1. The first-order valence-electron chi connectivity index (χ1n) is 5.67. The number of carbonyl (C=O) groups is 1. The van der Waals surface area contributed by atoms with Crippen molar-refractivity contribution in [3.05, 3.63) is 40.0 Å². The van der Waals surface area contributed by atoms with Crippen molar-refractivity contribution in [2.75, 3.05) is 0 Å². The first-order valence-corrected chi connectivity index (χ1v) is 6.04. The van der Waals surface area contributed by atoms with Gasteiger partial charge in [-0.3, -0.25) is 0 Å². The number of carboxylic acid groups (broad SMARTS) is 1. The third-order valence-electron chi connectivity index (χ3n) is 3.17. The fourth-order valence-corrected chi connectivity index (χ4v) is 2.64. The number of aryl methyl sites for hydroxylation is 1. The fourth-order valence-electron chi connectivity index (χ4n) is 2.31. The number of hydrogen-bond acceptors (Lipinski definition) is 3. The van der Waals surface area contributed by atoms with Crippen molar-refractivity contribution in [1.29, 1.82) is 0 Å². The molecule has 1 aliphatic rings. The summed E-state index contributed by atoms with van der Waals surface area (Å²) in [7, 11) is 0. The molecule has 0 spiro atoms. The van der Waals surface area contributed by atoms with E-state index in [0.717, 1.165) is 24.8 Å². The van der Waals surface area contributed by atoms with Gasteiger partial charge in [-0.25, -0.2) is 4.79 Å². The largest absolute Gasteiger partial charge is 0.476 e. The number of halogens is 1. The summed E-state index contributed by atoms with van der Waals surface area (Å²) < 4.78 is 5.04. The van der Waals surface area contributed by atoms with Crippen molar-refractivity contribution in [2.45, 2.75) is 19.3 Å². The molecule has 2 aromatic rings. The standard InChI is InChI=1S/C13H10ClNO3/c14-10-5-8(4-7-2-1-3-9(7)10)12-6-11(13(16)17)15-18-12/h4-6H,1-3H2,(H,16,17). The molecule has 0 radical (unpaired) electrons.